The van der Waals surface area contributed by atoms with Crippen molar-refractivity contribution >= 4 is 17.4 Å². The molecule has 2 rings (SSSR count). The molecule has 0 aliphatic heterocycles. The van der Waals surface area contributed by atoms with Crippen LogP contribution >= 0.6 is 0 Å². The number of aromatic nitrogens is 2. The van der Waals surface area contributed by atoms with E-state index in [2.05, 4.69) is 10.4 Å². The molecular weight excluding hydrogens is 235 g/mol. The van der Waals surface area contributed by atoms with Gasteiger partial charge in [0.2, 0.25) is 0 Å². The van der Waals surface area contributed by atoms with E-state index in [4.69, 9.17) is 5.73 Å². The van der Waals surface area contributed by atoms with Gasteiger partial charge in [0, 0.05) is 12.6 Å². The van der Waals surface area contributed by atoms with E-state index in [1.807, 2.05) is 0 Å². The van der Waals surface area contributed by atoms with Crippen LogP contribution in [-0.4, -0.2) is 15.7 Å². The highest BCUT2D eigenvalue weighted by Gasteiger charge is 2.12. The zero-order chi connectivity index (χ0) is 13.3. The van der Waals surface area contributed by atoms with Crippen molar-refractivity contribution in [2.45, 2.75) is 6.92 Å². The van der Waals surface area contributed by atoms with Crippen molar-refractivity contribution in [3.8, 4) is 0 Å². The number of hydrogen-bond acceptors (Lipinski definition) is 3. The number of nitrogens with one attached hydrogen (secondary N) is 1. The minimum Gasteiger partial charge on any atom is -0.394 e. The van der Waals surface area contributed by atoms with Crippen LogP contribution in [0.3, 0.4) is 0 Å². The second kappa shape index (κ2) is 4.48. The molecule has 0 saturated carbocycles. The van der Waals surface area contributed by atoms with Crippen LogP contribution < -0.4 is 11.1 Å². The lowest BCUT2D eigenvalue weighted by atomic mass is 10.1. The predicted octanol–water partition coefficient (Wildman–Crippen LogP) is 1.70. The van der Waals surface area contributed by atoms with E-state index in [1.54, 1.807) is 26.1 Å². The van der Waals surface area contributed by atoms with E-state index < -0.39 is 11.7 Å². The molecule has 6 heteroatoms. The van der Waals surface area contributed by atoms with Crippen LogP contribution in [0.2, 0.25) is 0 Å². The smallest absolute Gasteiger partial charge is 0.256 e. The fourth-order valence-electron chi connectivity index (χ4n) is 1.52. The molecule has 0 unspecified atom stereocenters. The Balaban J connectivity index is 2.25. The summed E-state index contributed by atoms with van der Waals surface area (Å²) in [5.74, 6) is -0.453. The predicted molar refractivity (Wildman–Crippen MR) is 66.7 cm³/mol. The fourth-order valence-corrected chi connectivity index (χ4v) is 1.52. The molecule has 5 nitrogen and oxygen atoms in total. The average molecular weight is 248 g/mol. The zero-order valence-corrected chi connectivity index (χ0v) is 10.1. The Morgan fingerprint density at radius 2 is 2.22 bits per heavy atom. The number of carbonyl (C=O) groups is 1. The van der Waals surface area contributed by atoms with Crippen LogP contribution in [0.25, 0.3) is 0 Å². The number of nitrogens with two attached hydrogens (primary N) is 1. The Morgan fingerprint density at radius 3 is 2.78 bits per heavy atom. The van der Waals surface area contributed by atoms with E-state index in [0.717, 1.165) is 0 Å². The highest BCUT2D eigenvalue weighted by Crippen LogP contribution is 2.17. The summed E-state index contributed by atoms with van der Waals surface area (Å²) in [5, 5.41) is 6.49. The maximum atomic E-state index is 13.4. The van der Waals surface area contributed by atoms with Gasteiger partial charge in [0.05, 0.1) is 11.9 Å². The van der Waals surface area contributed by atoms with Crippen LogP contribution in [0, 0.1) is 12.7 Å². The molecule has 1 amide bonds. The number of nitrogens with zero attached hydrogens (tertiary/aromatic N) is 2. The summed E-state index contributed by atoms with van der Waals surface area (Å²) in [4.78, 5) is 11.9. The van der Waals surface area contributed by atoms with E-state index in [0.29, 0.717) is 17.1 Å². The summed E-state index contributed by atoms with van der Waals surface area (Å²) in [6.45, 7) is 1.64. The Morgan fingerprint density at radius 1 is 1.50 bits per heavy atom. The lowest BCUT2D eigenvalue weighted by Crippen LogP contribution is -2.15. The quantitative estimate of drug-likeness (QED) is 0.849. The second-order valence-corrected chi connectivity index (χ2v) is 3.99. The average Bonchev–Trinajstić information content (AvgIpc) is 2.64. The molecule has 94 valence electrons. The van der Waals surface area contributed by atoms with Crippen molar-refractivity contribution in [1.29, 1.82) is 0 Å². The Bertz CT molecular complexity index is 587. The van der Waals surface area contributed by atoms with Crippen molar-refractivity contribution in [3.05, 3.63) is 41.3 Å². The first-order valence-corrected chi connectivity index (χ1v) is 5.34. The van der Waals surface area contributed by atoms with Gasteiger partial charge in [0.15, 0.2) is 5.82 Å². The van der Waals surface area contributed by atoms with E-state index in [-0.39, 0.29) is 5.56 Å². The number of hydrogen-bond donors (Lipinski definition) is 2. The molecular formula is C12H13FN4O. The number of amides is 1. The number of benzene rings is 1. The summed E-state index contributed by atoms with van der Waals surface area (Å²) < 4.78 is 14.8. The molecule has 3 N–H and O–H groups in total. The number of carbonyl (C=O) groups excluding carboxylic acids is 1. The molecule has 2 aromatic rings. The van der Waals surface area contributed by atoms with Gasteiger partial charge < -0.3 is 11.1 Å². The van der Waals surface area contributed by atoms with Crippen LogP contribution in [-0.2, 0) is 7.05 Å². The molecule has 1 aromatic carbocycles. The van der Waals surface area contributed by atoms with E-state index in [1.165, 1.54) is 16.9 Å². The van der Waals surface area contributed by atoms with Gasteiger partial charge in [0.1, 0.15) is 5.82 Å². The van der Waals surface area contributed by atoms with E-state index in [9.17, 15) is 9.18 Å². The highest BCUT2D eigenvalue weighted by molar-refractivity contribution is 6.05. The molecule has 0 spiro atoms. The van der Waals surface area contributed by atoms with Gasteiger partial charge >= 0.3 is 0 Å². The van der Waals surface area contributed by atoms with Gasteiger partial charge in [-0.3, -0.25) is 9.48 Å². The minimum atomic E-state index is -0.427. The van der Waals surface area contributed by atoms with Crippen LogP contribution in [0.15, 0.2) is 24.4 Å². The molecule has 1 heterocycles. The van der Waals surface area contributed by atoms with Crippen molar-refractivity contribution in [3.63, 3.8) is 0 Å². The summed E-state index contributed by atoms with van der Waals surface area (Å²) in [7, 11) is 1.65. The summed E-state index contributed by atoms with van der Waals surface area (Å²) in [5.41, 5.74) is 6.74. The second-order valence-electron chi connectivity index (χ2n) is 3.99. The highest BCUT2D eigenvalue weighted by atomic mass is 19.1. The molecule has 0 aliphatic rings. The molecule has 0 fully saturated rings. The summed E-state index contributed by atoms with van der Waals surface area (Å²) in [6.07, 6.45) is 1.44. The van der Waals surface area contributed by atoms with Gasteiger partial charge in [-0.25, -0.2) is 4.39 Å². The third-order valence-corrected chi connectivity index (χ3v) is 2.63. The van der Waals surface area contributed by atoms with Gasteiger partial charge in [-0.1, -0.05) is 6.07 Å². The number of rotatable bonds is 2. The molecule has 0 bridgehead atoms. The number of aryl methyl sites for hydroxylation is 2. The molecule has 1 aromatic heterocycles. The third-order valence-electron chi connectivity index (χ3n) is 2.63. The van der Waals surface area contributed by atoms with Gasteiger partial charge in [-0.15, -0.1) is 0 Å². The fraction of sp³-hybridized carbons (Fsp3) is 0.167. The monoisotopic (exact) mass is 248 g/mol. The van der Waals surface area contributed by atoms with Crippen molar-refractivity contribution in [1.82, 2.24) is 9.78 Å². The lowest BCUT2D eigenvalue weighted by Gasteiger charge is -2.07. The standard InChI is InChI=1S/C12H13FN4O/c1-7-3-4-8(5-9(7)13)12(18)16-11-10(14)6-15-17(11)2/h3-6H,14H2,1-2H3,(H,16,18). The largest absolute Gasteiger partial charge is 0.394 e. The number of halogens is 1. The van der Waals surface area contributed by atoms with Crippen molar-refractivity contribution in [2.75, 3.05) is 11.1 Å². The first kappa shape index (κ1) is 12.1. The Hall–Kier alpha value is -2.37. The molecule has 0 aliphatic carbocycles. The maximum Gasteiger partial charge on any atom is 0.256 e. The number of nitrogen functional groups attached to an aromatic ring is 1. The first-order valence-electron chi connectivity index (χ1n) is 5.34. The van der Waals surface area contributed by atoms with Crippen LogP contribution in [0.4, 0.5) is 15.9 Å². The summed E-state index contributed by atoms with van der Waals surface area (Å²) >= 11 is 0. The SMILES string of the molecule is Cc1ccc(C(=O)Nc2c(N)cnn2C)cc1F. The third kappa shape index (κ3) is 2.17. The Labute approximate surface area is 103 Å². The van der Waals surface area contributed by atoms with Crippen LogP contribution in [0.5, 0.6) is 0 Å². The minimum absolute atomic E-state index is 0.235. The van der Waals surface area contributed by atoms with Gasteiger partial charge in [-0.2, -0.15) is 5.10 Å². The van der Waals surface area contributed by atoms with Gasteiger partial charge in [-0.05, 0) is 24.6 Å². The maximum absolute atomic E-state index is 13.4. The molecule has 18 heavy (non-hydrogen) atoms. The topological polar surface area (TPSA) is 72.9 Å². The molecule has 0 atom stereocenters. The zero-order valence-electron chi connectivity index (χ0n) is 10.1. The molecule has 0 radical (unpaired) electrons. The van der Waals surface area contributed by atoms with Crippen molar-refractivity contribution in [2.24, 2.45) is 7.05 Å². The van der Waals surface area contributed by atoms with Crippen LogP contribution in [0.1, 0.15) is 15.9 Å². The Kier molecular flexibility index (Phi) is 3.01. The molecule has 0 saturated heterocycles. The first-order chi connectivity index (χ1) is 8.49. The summed E-state index contributed by atoms with van der Waals surface area (Å²) in [6, 6.07) is 4.30. The van der Waals surface area contributed by atoms with Gasteiger partial charge in [0.25, 0.3) is 5.91 Å². The van der Waals surface area contributed by atoms with Crippen molar-refractivity contribution < 1.29 is 9.18 Å². The lowest BCUT2D eigenvalue weighted by molar-refractivity contribution is 0.102. The normalized spacial score (nSPS) is 10.4. The number of anilines is 2. The van der Waals surface area contributed by atoms with E-state index >= 15 is 0 Å².